The minimum absolute atomic E-state index is 0.107. The maximum Gasteiger partial charge on any atom is 0.262 e. The molecule has 0 spiro atoms. The highest BCUT2D eigenvalue weighted by Crippen LogP contribution is 2.26. The lowest BCUT2D eigenvalue weighted by molar-refractivity contribution is -0.118. The Balaban J connectivity index is 1.41. The fraction of sp³-hybridized carbons (Fsp3) is 0.148. The van der Waals surface area contributed by atoms with E-state index in [1.54, 1.807) is 0 Å². The van der Waals surface area contributed by atoms with Gasteiger partial charge in [0.15, 0.2) is 6.61 Å². The fourth-order valence-electron chi connectivity index (χ4n) is 3.55. The quantitative estimate of drug-likeness (QED) is 0.322. The highest BCUT2D eigenvalue weighted by atomic mass is 35.5. The number of rotatable bonds is 7. The van der Waals surface area contributed by atoms with Gasteiger partial charge in [0.1, 0.15) is 17.4 Å². The topological polar surface area (TPSA) is 76.1 Å². The van der Waals surface area contributed by atoms with E-state index in [1.165, 1.54) is 0 Å². The molecule has 7 heteroatoms. The first kappa shape index (κ1) is 23.3. The number of carbonyl (C=O) groups is 1. The van der Waals surface area contributed by atoms with Crippen molar-refractivity contribution in [1.29, 1.82) is 0 Å². The molecule has 0 aliphatic carbocycles. The summed E-state index contributed by atoms with van der Waals surface area (Å²) >= 11 is 6.19. The lowest BCUT2D eigenvalue weighted by Crippen LogP contribution is -2.20. The second-order valence-electron chi connectivity index (χ2n) is 7.97. The number of nitrogens with zero attached hydrogens (tertiary/aromatic N) is 2. The number of ether oxygens (including phenoxy) is 1. The van der Waals surface area contributed by atoms with Crippen LogP contribution in [0.5, 0.6) is 5.75 Å². The molecule has 0 aliphatic heterocycles. The average molecular weight is 473 g/mol. The van der Waals surface area contributed by atoms with Gasteiger partial charge in [0.2, 0.25) is 0 Å². The minimum atomic E-state index is -0.258. The molecule has 172 valence electrons. The number of anilines is 3. The smallest absolute Gasteiger partial charge is 0.262 e. The van der Waals surface area contributed by atoms with Crippen LogP contribution >= 0.6 is 11.6 Å². The van der Waals surface area contributed by atoms with Gasteiger partial charge >= 0.3 is 0 Å². The van der Waals surface area contributed by atoms with Crippen LogP contribution in [0.3, 0.4) is 0 Å². The summed E-state index contributed by atoms with van der Waals surface area (Å²) in [6, 6.07) is 22.9. The van der Waals surface area contributed by atoms with Gasteiger partial charge in [-0.15, -0.1) is 0 Å². The highest BCUT2D eigenvalue weighted by molar-refractivity contribution is 6.32. The largest absolute Gasteiger partial charge is 0.484 e. The Bertz CT molecular complexity index is 1300. The van der Waals surface area contributed by atoms with Crippen LogP contribution in [0.25, 0.3) is 11.3 Å². The molecule has 0 unspecified atom stereocenters. The van der Waals surface area contributed by atoms with E-state index in [9.17, 15) is 4.79 Å². The van der Waals surface area contributed by atoms with Gasteiger partial charge in [0, 0.05) is 28.0 Å². The Morgan fingerprint density at radius 3 is 2.32 bits per heavy atom. The molecule has 0 radical (unpaired) electrons. The number of carbonyl (C=O) groups excluding carboxylic acids is 1. The first-order valence-corrected chi connectivity index (χ1v) is 11.2. The van der Waals surface area contributed by atoms with Gasteiger partial charge in [0.25, 0.3) is 5.91 Å². The summed E-state index contributed by atoms with van der Waals surface area (Å²) in [4.78, 5) is 21.5. The number of halogens is 1. The Morgan fingerprint density at radius 1 is 0.882 bits per heavy atom. The average Bonchev–Trinajstić information content (AvgIpc) is 2.81. The van der Waals surface area contributed by atoms with Crippen molar-refractivity contribution in [2.45, 2.75) is 20.8 Å². The number of hydrogen-bond donors (Lipinski definition) is 2. The predicted molar refractivity (Wildman–Crippen MR) is 137 cm³/mol. The van der Waals surface area contributed by atoms with Crippen LogP contribution < -0.4 is 15.4 Å². The first-order valence-electron chi connectivity index (χ1n) is 10.8. The molecule has 0 fully saturated rings. The van der Waals surface area contributed by atoms with E-state index in [4.69, 9.17) is 16.3 Å². The van der Waals surface area contributed by atoms with Gasteiger partial charge in [0.05, 0.1) is 5.69 Å². The zero-order valence-corrected chi connectivity index (χ0v) is 20.0. The minimum Gasteiger partial charge on any atom is -0.484 e. The van der Waals surface area contributed by atoms with Crippen molar-refractivity contribution in [3.63, 3.8) is 0 Å². The molecular formula is C27H25ClN4O2. The summed E-state index contributed by atoms with van der Waals surface area (Å²) < 4.78 is 5.65. The van der Waals surface area contributed by atoms with Crippen molar-refractivity contribution in [2.75, 3.05) is 17.2 Å². The van der Waals surface area contributed by atoms with Gasteiger partial charge in [-0.1, -0.05) is 48.0 Å². The number of nitrogens with one attached hydrogen (secondary N) is 2. The van der Waals surface area contributed by atoms with Crippen LogP contribution in [0.1, 0.15) is 17.0 Å². The number of hydrogen-bond acceptors (Lipinski definition) is 5. The summed E-state index contributed by atoms with van der Waals surface area (Å²) in [5.41, 5.74) is 5.11. The van der Waals surface area contributed by atoms with Gasteiger partial charge in [-0.2, -0.15) is 0 Å². The third-order valence-electron chi connectivity index (χ3n) is 5.11. The van der Waals surface area contributed by atoms with Crippen LogP contribution in [-0.4, -0.2) is 22.5 Å². The van der Waals surface area contributed by atoms with Crippen LogP contribution in [0.15, 0.2) is 72.8 Å². The van der Waals surface area contributed by atoms with Crippen molar-refractivity contribution >= 4 is 34.7 Å². The van der Waals surface area contributed by atoms with E-state index in [0.29, 0.717) is 28.1 Å². The van der Waals surface area contributed by atoms with E-state index >= 15 is 0 Å². The van der Waals surface area contributed by atoms with Crippen LogP contribution in [-0.2, 0) is 4.79 Å². The van der Waals surface area contributed by atoms with Crippen LogP contribution in [0, 0.1) is 20.8 Å². The monoisotopic (exact) mass is 472 g/mol. The Hall–Kier alpha value is -3.90. The molecule has 4 rings (SSSR count). The molecule has 1 aromatic heterocycles. The lowest BCUT2D eigenvalue weighted by atomic mass is 10.1. The molecule has 1 heterocycles. The van der Waals surface area contributed by atoms with E-state index in [1.807, 2.05) is 93.6 Å². The van der Waals surface area contributed by atoms with Crippen molar-refractivity contribution in [1.82, 2.24) is 9.97 Å². The fourth-order valence-corrected chi connectivity index (χ4v) is 3.66. The molecule has 0 aliphatic rings. The van der Waals surface area contributed by atoms with Gasteiger partial charge in [-0.25, -0.2) is 9.97 Å². The van der Waals surface area contributed by atoms with E-state index in [2.05, 4.69) is 20.6 Å². The SMILES string of the molecule is Cc1nc(Nc2cccc(NC(=O)COc3cc(C)c(Cl)c(C)c3)c2)cc(-c2ccccc2)n1. The number of benzene rings is 3. The van der Waals surface area contributed by atoms with Crippen molar-refractivity contribution in [3.05, 3.63) is 94.8 Å². The molecule has 34 heavy (non-hydrogen) atoms. The molecule has 0 atom stereocenters. The Labute approximate surface area is 204 Å². The molecule has 0 saturated heterocycles. The molecule has 6 nitrogen and oxygen atoms in total. The second-order valence-corrected chi connectivity index (χ2v) is 8.34. The zero-order chi connectivity index (χ0) is 24.1. The predicted octanol–water partition coefficient (Wildman–Crippen LogP) is 6.48. The molecule has 1 amide bonds. The second kappa shape index (κ2) is 10.4. The van der Waals surface area contributed by atoms with Gasteiger partial charge in [-0.05, 0) is 62.2 Å². The van der Waals surface area contributed by atoms with Crippen molar-refractivity contribution in [2.24, 2.45) is 0 Å². The maximum absolute atomic E-state index is 12.4. The van der Waals surface area contributed by atoms with Crippen molar-refractivity contribution < 1.29 is 9.53 Å². The lowest BCUT2D eigenvalue weighted by Gasteiger charge is -2.12. The maximum atomic E-state index is 12.4. The highest BCUT2D eigenvalue weighted by Gasteiger charge is 2.09. The van der Waals surface area contributed by atoms with E-state index in [0.717, 1.165) is 28.1 Å². The van der Waals surface area contributed by atoms with Gasteiger partial charge in [-0.3, -0.25) is 4.79 Å². The van der Waals surface area contributed by atoms with Crippen molar-refractivity contribution in [3.8, 4) is 17.0 Å². The van der Waals surface area contributed by atoms with Gasteiger partial charge < -0.3 is 15.4 Å². The number of aryl methyl sites for hydroxylation is 3. The van der Waals surface area contributed by atoms with Crippen LogP contribution in [0.2, 0.25) is 5.02 Å². The molecule has 2 N–H and O–H groups in total. The Kier molecular flexibility index (Phi) is 7.09. The molecule has 4 aromatic rings. The summed E-state index contributed by atoms with van der Waals surface area (Å²) in [6.07, 6.45) is 0. The first-order chi connectivity index (χ1) is 16.4. The molecular weight excluding hydrogens is 448 g/mol. The number of amides is 1. The third-order valence-corrected chi connectivity index (χ3v) is 5.70. The molecule has 0 bridgehead atoms. The van der Waals surface area contributed by atoms with E-state index < -0.39 is 0 Å². The summed E-state index contributed by atoms with van der Waals surface area (Å²) in [5, 5.41) is 6.87. The number of aromatic nitrogens is 2. The van der Waals surface area contributed by atoms with E-state index in [-0.39, 0.29) is 12.5 Å². The molecule has 0 saturated carbocycles. The van der Waals surface area contributed by atoms with Crippen LogP contribution in [0.4, 0.5) is 17.2 Å². The summed E-state index contributed by atoms with van der Waals surface area (Å²) in [5.74, 6) is 1.69. The molecule has 3 aromatic carbocycles. The summed E-state index contributed by atoms with van der Waals surface area (Å²) in [7, 11) is 0. The standard InChI is InChI=1S/C27H25ClN4O2/c1-17-12-23(13-18(2)27(17)28)34-16-26(33)32-22-11-7-10-21(14-22)31-25-15-24(29-19(3)30-25)20-8-5-4-6-9-20/h4-15H,16H2,1-3H3,(H,32,33)(H,29,30,31). The zero-order valence-electron chi connectivity index (χ0n) is 19.2. The Morgan fingerprint density at radius 2 is 1.59 bits per heavy atom. The third kappa shape index (κ3) is 5.91. The summed E-state index contributed by atoms with van der Waals surface area (Å²) in [6.45, 7) is 5.56. The normalized spacial score (nSPS) is 10.6.